The Morgan fingerprint density at radius 2 is 1.83 bits per heavy atom. The van der Waals surface area contributed by atoms with E-state index in [0.717, 1.165) is 6.54 Å². The third-order valence-electron chi connectivity index (χ3n) is 4.21. The summed E-state index contributed by atoms with van der Waals surface area (Å²) in [5.74, 6) is -0.471. The Labute approximate surface area is 143 Å². The lowest BCUT2D eigenvalue weighted by Crippen LogP contribution is -2.52. The first-order chi connectivity index (χ1) is 10.6. The van der Waals surface area contributed by atoms with Gasteiger partial charge in [0, 0.05) is 32.1 Å². The summed E-state index contributed by atoms with van der Waals surface area (Å²) in [4.78, 5) is 35.7. The topological polar surface area (TPSA) is 90.5 Å². The zero-order valence-electron chi connectivity index (χ0n) is 13.4. The molecule has 1 saturated carbocycles. The number of hydrogen-bond acceptors (Lipinski definition) is 4. The normalized spacial score (nSPS) is 19.6. The number of carbonyl (C=O) groups excluding carboxylic acids is 3. The number of nitrogens with zero attached hydrogens (tertiary/aromatic N) is 1. The summed E-state index contributed by atoms with van der Waals surface area (Å²) in [7, 11) is 0. The van der Waals surface area contributed by atoms with Crippen LogP contribution in [0.25, 0.3) is 0 Å². The molecule has 0 aromatic carbocycles. The summed E-state index contributed by atoms with van der Waals surface area (Å²) >= 11 is 0. The second-order valence-corrected chi connectivity index (χ2v) is 6.02. The molecule has 0 atom stereocenters. The van der Waals surface area contributed by atoms with Crippen molar-refractivity contribution < 1.29 is 14.4 Å². The van der Waals surface area contributed by atoms with Gasteiger partial charge in [-0.25, -0.2) is 4.79 Å². The molecule has 0 unspecified atom stereocenters. The molecule has 23 heavy (non-hydrogen) atoms. The molecule has 0 radical (unpaired) electrons. The number of rotatable bonds is 6. The van der Waals surface area contributed by atoms with Gasteiger partial charge < -0.3 is 15.5 Å². The first kappa shape index (κ1) is 19.7. The van der Waals surface area contributed by atoms with E-state index in [1.807, 2.05) is 0 Å². The van der Waals surface area contributed by atoms with Crippen LogP contribution in [0, 0.1) is 0 Å². The van der Waals surface area contributed by atoms with E-state index in [9.17, 15) is 14.4 Å². The van der Waals surface area contributed by atoms with Crippen molar-refractivity contribution in [1.29, 1.82) is 0 Å². The largest absolute Gasteiger partial charge is 0.353 e. The standard InChI is InChI=1S/C15H26N4O3.ClH/c20-13-7-10-19(15(22)18-13)11-14(21)17-9-8-16-12-5-3-1-2-4-6-12;/h12,16H,1-11H2,(H,17,21)(H,18,20,22);1H. The van der Waals surface area contributed by atoms with Crippen molar-refractivity contribution in [3.8, 4) is 0 Å². The van der Waals surface area contributed by atoms with Crippen LogP contribution in [0.3, 0.4) is 0 Å². The molecule has 1 heterocycles. The molecule has 7 nitrogen and oxygen atoms in total. The number of carbonyl (C=O) groups is 3. The van der Waals surface area contributed by atoms with Crippen molar-refractivity contribution in [2.45, 2.75) is 51.0 Å². The van der Waals surface area contributed by atoms with Gasteiger partial charge in [-0.2, -0.15) is 0 Å². The van der Waals surface area contributed by atoms with Crippen molar-refractivity contribution in [2.75, 3.05) is 26.2 Å². The summed E-state index contributed by atoms with van der Waals surface area (Å²) < 4.78 is 0. The zero-order valence-corrected chi connectivity index (χ0v) is 14.3. The van der Waals surface area contributed by atoms with E-state index in [2.05, 4.69) is 16.0 Å². The summed E-state index contributed by atoms with van der Waals surface area (Å²) in [6, 6.07) is 0.0845. The Morgan fingerprint density at radius 1 is 1.13 bits per heavy atom. The monoisotopic (exact) mass is 346 g/mol. The highest BCUT2D eigenvalue weighted by molar-refractivity contribution is 5.98. The van der Waals surface area contributed by atoms with Crippen molar-refractivity contribution in [3.63, 3.8) is 0 Å². The lowest BCUT2D eigenvalue weighted by atomic mass is 10.1. The fourth-order valence-corrected chi connectivity index (χ4v) is 2.94. The molecular formula is C15H27ClN4O3. The predicted molar refractivity (Wildman–Crippen MR) is 89.5 cm³/mol. The van der Waals surface area contributed by atoms with Gasteiger partial charge in [-0.05, 0) is 12.8 Å². The number of imide groups is 1. The van der Waals surface area contributed by atoms with Crippen LogP contribution in [-0.2, 0) is 9.59 Å². The average molecular weight is 347 g/mol. The molecule has 0 aromatic rings. The molecule has 2 aliphatic rings. The summed E-state index contributed by atoms with van der Waals surface area (Å²) in [5.41, 5.74) is 0. The molecule has 2 fully saturated rings. The fraction of sp³-hybridized carbons (Fsp3) is 0.800. The van der Waals surface area contributed by atoms with Crippen LogP contribution in [0.15, 0.2) is 0 Å². The average Bonchev–Trinajstić information content (AvgIpc) is 2.75. The Bertz CT molecular complexity index is 412. The van der Waals surface area contributed by atoms with Crippen LogP contribution < -0.4 is 16.0 Å². The zero-order chi connectivity index (χ0) is 15.8. The first-order valence-corrected chi connectivity index (χ1v) is 8.24. The minimum Gasteiger partial charge on any atom is -0.353 e. The first-order valence-electron chi connectivity index (χ1n) is 8.24. The lowest BCUT2D eigenvalue weighted by Gasteiger charge is -2.25. The molecule has 8 heteroatoms. The van der Waals surface area contributed by atoms with Gasteiger partial charge in [-0.15, -0.1) is 12.4 Å². The van der Waals surface area contributed by atoms with Crippen LogP contribution in [0.5, 0.6) is 0 Å². The van der Waals surface area contributed by atoms with E-state index in [-0.39, 0.29) is 37.2 Å². The molecular weight excluding hydrogens is 320 g/mol. The van der Waals surface area contributed by atoms with E-state index < -0.39 is 6.03 Å². The second kappa shape index (κ2) is 10.4. The van der Waals surface area contributed by atoms with Gasteiger partial charge in [-0.1, -0.05) is 25.7 Å². The molecule has 0 aromatic heterocycles. The predicted octanol–water partition coefficient (Wildman–Crippen LogP) is 0.779. The van der Waals surface area contributed by atoms with Gasteiger partial charge >= 0.3 is 6.03 Å². The van der Waals surface area contributed by atoms with Crippen molar-refractivity contribution in [1.82, 2.24) is 20.9 Å². The summed E-state index contributed by atoms with van der Waals surface area (Å²) in [5, 5.41) is 8.50. The summed E-state index contributed by atoms with van der Waals surface area (Å²) in [6.45, 7) is 1.62. The Kier molecular flexibility index (Phi) is 8.94. The van der Waals surface area contributed by atoms with Gasteiger partial charge in [-0.3, -0.25) is 14.9 Å². The van der Waals surface area contributed by atoms with E-state index in [4.69, 9.17) is 0 Å². The number of nitrogens with one attached hydrogen (secondary N) is 3. The van der Waals surface area contributed by atoms with Crippen molar-refractivity contribution >= 4 is 30.3 Å². The van der Waals surface area contributed by atoms with E-state index in [1.165, 1.54) is 43.4 Å². The quantitative estimate of drug-likeness (QED) is 0.489. The van der Waals surface area contributed by atoms with E-state index in [0.29, 0.717) is 19.1 Å². The van der Waals surface area contributed by atoms with E-state index >= 15 is 0 Å². The van der Waals surface area contributed by atoms with Crippen molar-refractivity contribution in [2.24, 2.45) is 0 Å². The minimum atomic E-state index is -0.483. The van der Waals surface area contributed by atoms with Crippen LogP contribution in [0.1, 0.15) is 44.9 Å². The molecule has 2 rings (SSSR count). The highest BCUT2D eigenvalue weighted by atomic mass is 35.5. The fourth-order valence-electron chi connectivity index (χ4n) is 2.94. The minimum absolute atomic E-state index is 0. The van der Waals surface area contributed by atoms with Gasteiger partial charge in [0.15, 0.2) is 0 Å². The number of urea groups is 1. The van der Waals surface area contributed by atoms with Crippen LogP contribution in [0.4, 0.5) is 4.79 Å². The molecule has 1 aliphatic carbocycles. The maximum Gasteiger partial charge on any atom is 0.324 e. The van der Waals surface area contributed by atoms with Gasteiger partial charge in [0.2, 0.25) is 11.8 Å². The maximum atomic E-state index is 11.8. The van der Waals surface area contributed by atoms with Crippen LogP contribution in [0.2, 0.25) is 0 Å². The highest BCUT2D eigenvalue weighted by Gasteiger charge is 2.24. The van der Waals surface area contributed by atoms with Gasteiger partial charge in [0.1, 0.15) is 6.54 Å². The smallest absolute Gasteiger partial charge is 0.324 e. The van der Waals surface area contributed by atoms with Crippen LogP contribution in [-0.4, -0.2) is 55.0 Å². The number of hydrogen-bond donors (Lipinski definition) is 3. The third kappa shape index (κ3) is 7.18. The van der Waals surface area contributed by atoms with Crippen molar-refractivity contribution in [3.05, 3.63) is 0 Å². The summed E-state index contributed by atoms with van der Waals surface area (Å²) in [6.07, 6.45) is 7.92. The lowest BCUT2D eigenvalue weighted by molar-refractivity contribution is -0.125. The Morgan fingerprint density at radius 3 is 2.48 bits per heavy atom. The van der Waals surface area contributed by atoms with Crippen LogP contribution >= 0.6 is 12.4 Å². The molecule has 0 bridgehead atoms. The molecule has 4 amide bonds. The Hall–Kier alpha value is -1.34. The molecule has 3 N–H and O–H groups in total. The molecule has 1 aliphatic heterocycles. The molecule has 1 saturated heterocycles. The van der Waals surface area contributed by atoms with Gasteiger partial charge in [0.25, 0.3) is 0 Å². The SMILES string of the molecule is Cl.O=C(CN1CCC(=O)NC1=O)NCCNC1CCCCCC1. The van der Waals surface area contributed by atoms with Gasteiger partial charge in [0.05, 0.1) is 0 Å². The Balaban J connectivity index is 0.00000264. The second-order valence-electron chi connectivity index (χ2n) is 6.02. The number of halogens is 1. The highest BCUT2D eigenvalue weighted by Crippen LogP contribution is 2.16. The molecule has 132 valence electrons. The molecule has 0 spiro atoms. The number of amides is 4. The van der Waals surface area contributed by atoms with E-state index in [1.54, 1.807) is 0 Å². The third-order valence-corrected chi connectivity index (χ3v) is 4.21. The maximum absolute atomic E-state index is 11.8.